The van der Waals surface area contributed by atoms with Crippen molar-refractivity contribution >= 4 is 45.4 Å². The van der Waals surface area contributed by atoms with E-state index in [2.05, 4.69) is 9.98 Å². The van der Waals surface area contributed by atoms with Gasteiger partial charge < -0.3 is 14.2 Å². The molecule has 1 aromatic carbocycles. The third-order valence-electron chi connectivity index (χ3n) is 3.82. The Hall–Kier alpha value is -2.52. The number of rotatable bonds is 5. The van der Waals surface area contributed by atoms with E-state index in [1.54, 1.807) is 40.5 Å². The number of carbonyl (C=O) groups excluding carboxylic acids is 1. The van der Waals surface area contributed by atoms with E-state index in [0.717, 1.165) is 5.69 Å². The molecule has 0 N–H and O–H groups in total. The molecule has 1 amide bonds. The van der Waals surface area contributed by atoms with Crippen molar-refractivity contribution in [2.75, 3.05) is 28.4 Å². The summed E-state index contributed by atoms with van der Waals surface area (Å²) in [6.07, 6.45) is 1.76. The van der Waals surface area contributed by atoms with Gasteiger partial charge in [-0.05, 0) is 36.9 Å². The van der Waals surface area contributed by atoms with E-state index in [1.165, 1.54) is 28.0 Å². The average Bonchev–Trinajstić information content (AvgIpc) is 3.19. The molecule has 2 heterocycles. The van der Waals surface area contributed by atoms with Crippen molar-refractivity contribution in [2.24, 2.45) is 4.99 Å². The van der Waals surface area contributed by atoms with E-state index in [9.17, 15) is 4.79 Å². The number of thiazole rings is 1. The Kier molecular flexibility index (Phi) is 5.71. The topological polar surface area (TPSA) is 73.3 Å². The number of carbonyl (C=O) groups is 1. The molecule has 2 aromatic rings. The molecule has 27 heavy (non-hydrogen) atoms. The number of methoxy groups -OCH3 is 3. The van der Waals surface area contributed by atoms with Crippen molar-refractivity contribution < 1.29 is 19.0 Å². The summed E-state index contributed by atoms with van der Waals surface area (Å²) in [5.41, 5.74) is 1.62. The van der Waals surface area contributed by atoms with Crippen LogP contribution in [-0.4, -0.2) is 49.3 Å². The average molecular weight is 406 g/mol. The minimum atomic E-state index is -0.135. The molecule has 7 nitrogen and oxygen atoms in total. The molecule has 1 fully saturated rings. The smallest absolute Gasteiger partial charge is 0.266 e. The molecule has 1 aliphatic heterocycles. The molecule has 1 aromatic heterocycles. The van der Waals surface area contributed by atoms with Gasteiger partial charge in [-0.2, -0.15) is 4.99 Å². The van der Waals surface area contributed by atoms with Crippen LogP contribution in [0.4, 0.5) is 5.13 Å². The molecule has 9 heteroatoms. The van der Waals surface area contributed by atoms with Crippen molar-refractivity contribution in [3.8, 4) is 17.2 Å². The Morgan fingerprint density at radius 2 is 1.89 bits per heavy atom. The highest BCUT2D eigenvalue weighted by atomic mass is 32.2. The van der Waals surface area contributed by atoms with Gasteiger partial charge in [-0.25, -0.2) is 4.98 Å². The van der Waals surface area contributed by atoms with Crippen LogP contribution < -0.4 is 14.2 Å². The molecule has 0 bridgehead atoms. The van der Waals surface area contributed by atoms with Gasteiger partial charge in [0.2, 0.25) is 10.9 Å². The summed E-state index contributed by atoms with van der Waals surface area (Å²) >= 11 is 2.74. The van der Waals surface area contributed by atoms with Gasteiger partial charge in [0.15, 0.2) is 16.7 Å². The third-order valence-corrected chi connectivity index (χ3v) is 5.74. The highest BCUT2D eigenvalue weighted by Gasteiger charge is 2.31. The van der Waals surface area contributed by atoms with Gasteiger partial charge in [-0.3, -0.25) is 9.69 Å². The maximum atomic E-state index is 12.6. The van der Waals surface area contributed by atoms with Crippen LogP contribution in [0.25, 0.3) is 6.08 Å². The second-order valence-electron chi connectivity index (χ2n) is 5.56. The number of amidine groups is 1. The number of nitrogens with zero attached hydrogens (tertiary/aromatic N) is 3. The first kappa shape index (κ1) is 19.2. The van der Waals surface area contributed by atoms with E-state index in [-0.39, 0.29) is 5.91 Å². The third kappa shape index (κ3) is 3.79. The minimum absolute atomic E-state index is 0.135. The molecular weight excluding hydrogens is 386 g/mol. The summed E-state index contributed by atoms with van der Waals surface area (Å²) in [7, 11) is 6.35. The van der Waals surface area contributed by atoms with Crippen LogP contribution in [0.2, 0.25) is 0 Å². The number of amides is 1. The molecule has 0 aliphatic carbocycles. The Morgan fingerprint density at radius 1 is 1.15 bits per heavy atom. The normalized spacial score (nSPS) is 17.1. The van der Waals surface area contributed by atoms with Gasteiger partial charge in [0.05, 0.1) is 31.9 Å². The second-order valence-corrected chi connectivity index (χ2v) is 7.41. The van der Waals surface area contributed by atoms with Gasteiger partial charge in [0, 0.05) is 18.0 Å². The largest absolute Gasteiger partial charge is 0.493 e. The zero-order valence-corrected chi connectivity index (χ0v) is 17.2. The maximum Gasteiger partial charge on any atom is 0.266 e. The Labute approximate surface area is 165 Å². The van der Waals surface area contributed by atoms with Crippen LogP contribution in [-0.2, 0) is 4.79 Å². The predicted octanol–water partition coefficient (Wildman–Crippen LogP) is 3.71. The number of aliphatic imine (C=N–C) groups is 1. The monoisotopic (exact) mass is 405 g/mol. The molecule has 0 saturated carbocycles. The Morgan fingerprint density at radius 3 is 2.48 bits per heavy atom. The zero-order valence-electron chi connectivity index (χ0n) is 15.6. The fourth-order valence-corrected chi connectivity index (χ4v) is 4.19. The van der Waals surface area contributed by atoms with E-state index in [4.69, 9.17) is 14.2 Å². The van der Waals surface area contributed by atoms with E-state index in [1.807, 2.05) is 18.4 Å². The molecule has 1 aliphatic rings. The number of ether oxygens (including phenoxy) is 3. The van der Waals surface area contributed by atoms with E-state index < -0.39 is 0 Å². The van der Waals surface area contributed by atoms with Crippen LogP contribution in [0.15, 0.2) is 27.4 Å². The first-order valence-corrected chi connectivity index (χ1v) is 9.65. The maximum absolute atomic E-state index is 12.6. The van der Waals surface area contributed by atoms with Crippen molar-refractivity contribution in [1.82, 2.24) is 9.88 Å². The molecule has 0 radical (unpaired) electrons. The van der Waals surface area contributed by atoms with Gasteiger partial charge >= 0.3 is 0 Å². The van der Waals surface area contributed by atoms with Gasteiger partial charge in [-0.15, -0.1) is 11.3 Å². The standard InChI is InChI=1S/C18H19N3O4S2/c1-10-9-26-17(19-10)20-18-21(2)16(22)13(27-18)8-11-6-7-12(23-3)15(25-5)14(11)24-4/h6-9H,1-5H3/b13-8-,20-18+. The highest BCUT2D eigenvalue weighted by Crippen LogP contribution is 2.42. The molecule has 3 rings (SSSR count). The summed E-state index contributed by atoms with van der Waals surface area (Å²) in [5, 5.41) is 3.13. The molecule has 142 valence electrons. The minimum Gasteiger partial charge on any atom is -0.493 e. The second kappa shape index (κ2) is 8.01. The van der Waals surface area contributed by atoms with Gasteiger partial charge in [0.25, 0.3) is 5.91 Å². The summed E-state index contributed by atoms with van der Waals surface area (Å²) in [6.45, 7) is 1.91. The number of thioether (sulfide) groups is 1. The van der Waals surface area contributed by atoms with Crippen molar-refractivity contribution in [1.29, 1.82) is 0 Å². The fraction of sp³-hybridized carbons (Fsp3) is 0.278. The summed E-state index contributed by atoms with van der Waals surface area (Å²) in [6, 6.07) is 3.59. The van der Waals surface area contributed by atoms with Crippen LogP contribution in [0.3, 0.4) is 0 Å². The fourth-order valence-electron chi connectivity index (χ4n) is 2.51. The number of aryl methyl sites for hydroxylation is 1. The molecule has 0 spiro atoms. The van der Waals surface area contributed by atoms with Crippen LogP contribution in [0, 0.1) is 6.92 Å². The first-order valence-electron chi connectivity index (χ1n) is 7.95. The number of aromatic nitrogens is 1. The number of likely N-dealkylation sites (N-methyl/N-ethyl adjacent to an activating group) is 1. The lowest BCUT2D eigenvalue weighted by Gasteiger charge is -2.14. The summed E-state index contributed by atoms with van der Waals surface area (Å²) < 4.78 is 16.2. The van der Waals surface area contributed by atoms with E-state index >= 15 is 0 Å². The van der Waals surface area contributed by atoms with Crippen LogP contribution in [0.1, 0.15) is 11.3 Å². The Balaban J connectivity index is 1.98. The van der Waals surface area contributed by atoms with Gasteiger partial charge in [0.1, 0.15) is 0 Å². The Bertz CT molecular complexity index is 937. The quantitative estimate of drug-likeness (QED) is 0.706. The van der Waals surface area contributed by atoms with Crippen molar-refractivity contribution in [2.45, 2.75) is 6.92 Å². The predicted molar refractivity (Wildman–Crippen MR) is 108 cm³/mol. The van der Waals surface area contributed by atoms with Crippen molar-refractivity contribution in [3.63, 3.8) is 0 Å². The number of benzene rings is 1. The first-order chi connectivity index (χ1) is 13.0. The zero-order chi connectivity index (χ0) is 19.6. The SMILES string of the molecule is COc1ccc(/C=C2\S/C(=N/c3nc(C)cs3)N(C)C2=O)c(OC)c1OC. The molecular formula is C18H19N3O4S2. The number of hydrogen-bond acceptors (Lipinski definition) is 8. The lowest BCUT2D eigenvalue weighted by atomic mass is 10.1. The van der Waals surface area contributed by atoms with Crippen LogP contribution in [0.5, 0.6) is 17.2 Å². The summed E-state index contributed by atoms with van der Waals surface area (Å²) in [4.78, 5) is 23.5. The van der Waals surface area contributed by atoms with Gasteiger partial charge in [-0.1, -0.05) is 0 Å². The van der Waals surface area contributed by atoms with Crippen molar-refractivity contribution in [3.05, 3.63) is 33.7 Å². The molecule has 0 atom stereocenters. The number of hydrogen-bond donors (Lipinski definition) is 0. The van der Waals surface area contributed by atoms with Crippen LogP contribution >= 0.6 is 23.1 Å². The lowest BCUT2D eigenvalue weighted by Crippen LogP contribution is -2.23. The molecule has 0 unspecified atom stereocenters. The lowest BCUT2D eigenvalue weighted by molar-refractivity contribution is -0.121. The summed E-state index contributed by atoms with van der Waals surface area (Å²) in [5.74, 6) is 1.40. The molecule has 1 saturated heterocycles. The van der Waals surface area contributed by atoms with E-state index in [0.29, 0.717) is 38.0 Å². The highest BCUT2D eigenvalue weighted by molar-refractivity contribution is 8.18.